The fourth-order valence-corrected chi connectivity index (χ4v) is 2.01. The van der Waals surface area contributed by atoms with Gasteiger partial charge in [0.1, 0.15) is 5.76 Å². The third-order valence-corrected chi connectivity index (χ3v) is 2.89. The van der Waals surface area contributed by atoms with Crippen LogP contribution in [0.5, 0.6) is 0 Å². The van der Waals surface area contributed by atoms with E-state index in [1.165, 1.54) is 0 Å². The number of nitrogens with one attached hydrogen (secondary N) is 1. The van der Waals surface area contributed by atoms with E-state index in [0.29, 0.717) is 19.3 Å². The molecule has 2 unspecified atom stereocenters. The minimum absolute atomic E-state index is 0.0110. The number of hydrogen-bond donors (Lipinski definition) is 2. The van der Waals surface area contributed by atoms with Crippen molar-refractivity contribution in [2.45, 2.75) is 59.1 Å². The number of aromatic nitrogens is 1. The first kappa shape index (κ1) is 14.7. The van der Waals surface area contributed by atoms with Crippen molar-refractivity contribution in [1.29, 1.82) is 0 Å². The molecule has 2 atom stereocenters. The van der Waals surface area contributed by atoms with Crippen molar-refractivity contribution in [1.82, 2.24) is 10.5 Å². The maximum atomic E-state index is 11.7. The van der Waals surface area contributed by atoms with E-state index < -0.39 is 6.10 Å². The SMILES string of the molecule is Cc1noc(C)c1CCC(=O)NC(C)CC(C)O. The number of carbonyl (C=O) groups is 1. The van der Waals surface area contributed by atoms with Gasteiger partial charge < -0.3 is 14.9 Å². The van der Waals surface area contributed by atoms with Crippen LogP contribution in [0.15, 0.2) is 4.52 Å². The molecule has 1 rings (SSSR count). The molecule has 0 aromatic carbocycles. The lowest BCUT2D eigenvalue weighted by atomic mass is 10.1. The Morgan fingerprint density at radius 3 is 2.61 bits per heavy atom. The predicted molar refractivity (Wildman–Crippen MR) is 68.2 cm³/mol. The van der Waals surface area contributed by atoms with Crippen LogP contribution in [0.4, 0.5) is 0 Å². The zero-order valence-corrected chi connectivity index (χ0v) is 11.5. The van der Waals surface area contributed by atoms with E-state index in [-0.39, 0.29) is 11.9 Å². The second-order valence-electron chi connectivity index (χ2n) is 4.86. The van der Waals surface area contributed by atoms with Crippen LogP contribution < -0.4 is 5.32 Å². The smallest absolute Gasteiger partial charge is 0.220 e. The summed E-state index contributed by atoms with van der Waals surface area (Å²) in [6.45, 7) is 7.33. The first-order valence-electron chi connectivity index (χ1n) is 6.29. The molecule has 5 heteroatoms. The number of hydrogen-bond acceptors (Lipinski definition) is 4. The van der Waals surface area contributed by atoms with Crippen LogP contribution in [0.25, 0.3) is 0 Å². The largest absolute Gasteiger partial charge is 0.393 e. The summed E-state index contributed by atoms with van der Waals surface area (Å²) in [5, 5.41) is 15.9. The molecule has 0 radical (unpaired) electrons. The Morgan fingerprint density at radius 1 is 1.44 bits per heavy atom. The summed E-state index contributed by atoms with van der Waals surface area (Å²) < 4.78 is 5.05. The number of rotatable bonds is 6. The summed E-state index contributed by atoms with van der Waals surface area (Å²) in [7, 11) is 0. The van der Waals surface area contributed by atoms with Gasteiger partial charge in [-0.05, 0) is 40.5 Å². The highest BCUT2D eigenvalue weighted by molar-refractivity contribution is 5.76. The van der Waals surface area contributed by atoms with Crippen LogP contribution in [0, 0.1) is 13.8 Å². The first-order valence-corrected chi connectivity index (χ1v) is 6.29. The lowest BCUT2D eigenvalue weighted by Gasteiger charge is -2.15. The van der Waals surface area contributed by atoms with Crippen LogP contribution in [-0.2, 0) is 11.2 Å². The van der Waals surface area contributed by atoms with Gasteiger partial charge in [-0.15, -0.1) is 0 Å². The van der Waals surface area contributed by atoms with Crippen molar-refractivity contribution in [2.75, 3.05) is 0 Å². The molecule has 2 N–H and O–H groups in total. The summed E-state index contributed by atoms with van der Waals surface area (Å²) >= 11 is 0. The van der Waals surface area contributed by atoms with Crippen molar-refractivity contribution < 1.29 is 14.4 Å². The third kappa shape index (κ3) is 4.49. The Balaban J connectivity index is 2.38. The Morgan fingerprint density at radius 2 is 2.11 bits per heavy atom. The molecule has 0 aliphatic carbocycles. The molecule has 0 aliphatic heterocycles. The van der Waals surface area contributed by atoms with Crippen molar-refractivity contribution in [3.05, 3.63) is 17.0 Å². The molecule has 0 saturated carbocycles. The molecular weight excluding hydrogens is 232 g/mol. The molecule has 1 aromatic heterocycles. The molecule has 0 fully saturated rings. The highest BCUT2D eigenvalue weighted by Gasteiger charge is 2.13. The summed E-state index contributed by atoms with van der Waals surface area (Å²) in [5.74, 6) is 0.764. The monoisotopic (exact) mass is 254 g/mol. The van der Waals surface area contributed by atoms with Crippen molar-refractivity contribution in [3.8, 4) is 0 Å². The molecule has 18 heavy (non-hydrogen) atoms. The van der Waals surface area contributed by atoms with Gasteiger partial charge in [0.05, 0.1) is 11.8 Å². The number of aliphatic hydroxyl groups is 1. The third-order valence-electron chi connectivity index (χ3n) is 2.89. The molecule has 1 aromatic rings. The van der Waals surface area contributed by atoms with Crippen molar-refractivity contribution in [2.24, 2.45) is 0 Å². The van der Waals surface area contributed by atoms with Gasteiger partial charge in [0.15, 0.2) is 0 Å². The quantitative estimate of drug-likeness (QED) is 0.806. The second-order valence-corrected chi connectivity index (χ2v) is 4.86. The minimum Gasteiger partial charge on any atom is -0.393 e. The van der Waals surface area contributed by atoms with E-state index in [2.05, 4.69) is 10.5 Å². The van der Waals surface area contributed by atoms with Crippen LogP contribution in [0.1, 0.15) is 43.7 Å². The summed E-state index contributed by atoms with van der Waals surface area (Å²) in [6.07, 6.45) is 1.21. The fraction of sp³-hybridized carbons (Fsp3) is 0.692. The maximum absolute atomic E-state index is 11.7. The summed E-state index contributed by atoms with van der Waals surface area (Å²) in [4.78, 5) is 11.7. The Kier molecular flexibility index (Phi) is 5.34. The molecule has 0 aliphatic rings. The molecule has 1 amide bonds. The Labute approximate surface area is 108 Å². The zero-order chi connectivity index (χ0) is 13.7. The standard InChI is InChI=1S/C13H22N2O3/c1-8(7-9(2)16)14-13(17)6-5-12-10(3)15-18-11(12)4/h8-9,16H,5-7H2,1-4H3,(H,14,17). The highest BCUT2D eigenvalue weighted by atomic mass is 16.5. The number of amides is 1. The van der Waals surface area contributed by atoms with Crippen molar-refractivity contribution >= 4 is 5.91 Å². The van der Waals surface area contributed by atoms with Crippen LogP contribution in [-0.4, -0.2) is 28.3 Å². The van der Waals surface area contributed by atoms with Crippen LogP contribution in [0.3, 0.4) is 0 Å². The van der Waals surface area contributed by atoms with Gasteiger partial charge in [0.25, 0.3) is 0 Å². The normalized spacial score (nSPS) is 14.3. The van der Waals surface area contributed by atoms with Gasteiger partial charge in [0.2, 0.25) is 5.91 Å². The average molecular weight is 254 g/mol. The number of aryl methyl sites for hydroxylation is 2. The van der Waals surface area contributed by atoms with E-state index in [4.69, 9.17) is 4.52 Å². The lowest BCUT2D eigenvalue weighted by Crippen LogP contribution is -2.34. The molecule has 102 valence electrons. The van der Waals surface area contributed by atoms with Crippen LogP contribution in [0.2, 0.25) is 0 Å². The van der Waals surface area contributed by atoms with E-state index in [1.807, 2.05) is 20.8 Å². The molecular formula is C13H22N2O3. The van der Waals surface area contributed by atoms with E-state index in [1.54, 1.807) is 6.92 Å². The first-order chi connectivity index (χ1) is 8.40. The Hall–Kier alpha value is -1.36. The lowest BCUT2D eigenvalue weighted by molar-refractivity contribution is -0.121. The molecule has 0 spiro atoms. The molecule has 5 nitrogen and oxygen atoms in total. The van der Waals surface area contributed by atoms with Gasteiger partial charge in [-0.25, -0.2) is 0 Å². The van der Waals surface area contributed by atoms with Gasteiger partial charge >= 0.3 is 0 Å². The van der Waals surface area contributed by atoms with E-state index >= 15 is 0 Å². The molecule has 0 saturated heterocycles. The van der Waals surface area contributed by atoms with E-state index in [0.717, 1.165) is 17.0 Å². The maximum Gasteiger partial charge on any atom is 0.220 e. The van der Waals surface area contributed by atoms with Gasteiger partial charge in [0, 0.05) is 18.0 Å². The number of carbonyl (C=O) groups excluding carboxylic acids is 1. The second kappa shape index (κ2) is 6.54. The van der Waals surface area contributed by atoms with Gasteiger partial charge in [-0.2, -0.15) is 0 Å². The molecule has 0 bridgehead atoms. The van der Waals surface area contributed by atoms with Crippen molar-refractivity contribution in [3.63, 3.8) is 0 Å². The van der Waals surface area contributed by atoms with Gasteiger partial charge in [-0.1, -0.05) is 5.16 Å². The molecule has 1 heterocycles. The highest BCUT2D eigenvalue weighted by Crippen LogP contribution is 2.14. The summed E-state index contributed by atoms with van der Waals surface area (Å²) in [6, 6.07) is -0.0119. The summed E-state index contributed by atoms with van der Waals surface area (Å²) in [5.41, 5.74) is 1.85. The van der Waals surface area contributed by atoms with Gasteiger partial charge in [-0.3, -0.25) is 4.79 Å². The number of aliphatic hydroxyl groups excluding tert-OH is 1. The zero-order valence-electron chi connectivity index (χ0n) is 11.5. The topological polar surface area (TPSA) is 75.4 Å². The Bertz CT molecular complexity index is 379. The predicted octanol–water partition coefficient (Wildman–Crippen LogP) is 1.50. The van der Waals surface area contributed by atoms with Crippen LogP contribution >= 0.6 is 0 Å². The number of nitrogens with zero attached hydrogens (tertiary/aromatic N) is 1. The minimum atomic E-state index is -0.400. The fourth-order valence-electron chi connectivity index (χ4n) is 2.01. The average Bonchev–Trinajstić information content (AvgIpc) is 2.54. The van der Waals surface area contributed by atoms with E-state index in [9.17, 15) is 9.90 Å².